The molecule has 0 N–H and O–H groups in total. The average Bonchev–Trinajstić information content (AvgIpc) is 1.82. The zero-order valence-corrected chi connectivity index (χ0v) is 6.55. The lowest BCUT2D eigenvalue weighted by atomic mass is 10.2. The summed E-state index contributed by atoms with van der Waals surface area (Å²) in [4.78, 5) is 31.1. The van der Waals surface area contributed by atoms with E-state index in [4.69, 9.17) is 0 Å². The van der Waals surface area contributed by atoms with E-state index in [1.807, 2.05) is 0 Å². The van der Waals surface area contributed by atoms with Crippen LogP contribution >= 0.6 is 0 Å². The van der Waals surface area contributed by atoms with Gasteiger partial charge in [0.2, 0.25) is 0 Å². The fraction of sp³-hybridized carbons (Fsp3) is 0.571. The summed E-state index contributed by atoms with van der Waals surface area (Å²) in [7, 11) is 0. The Bertz CT molecular complexity index is 183. The second-order valence-corrected chi connectivity index (χ2v) is 2.17. The average molecular weight is 158 g/mol. The molecule has 0 aliphatic heterocycles. The van der Waals surface area contributed by atoms with E-state index in [1.54, 1.807) is 0 Å². The van der Waals surface area contributed by atoms with Gasteiger partial charge in [-0.2, -0.15) is 0 Å². The number of Topliss-reactive ketones (excluding diaryl/α,β-unsaturated/α-hetero) is 1. The van der Waals surface area contributed by atoms with Crippen LogP contribution in [-0.2, 0) is 19.1 Å². The number of carbonyl (C=O) groups excluding carboxylic acids is 3. The van der Waals surface area contributed by atoms with Crippen LogP contribution in [0.15, 0.2) is 0 Å². The van der Waals surface area contributed by atoms with Crippen molar-refractivity contribution in [3.8, 4) is 0 Å². The number of hydrogen-bond donors (Lipinski definition) is 0. The van der Waals surface area contributed by atoms with E-state index in [0.717, 1.165) is 6.92 Å². The first-order valence-corrected chi connectivity index (χ1v) is 3.23. The summed E-state index contributed by atoms with van der Waals surface area (Å²) in [5, 5.41) is 0. The molecule has 0 aromatic carbocycles. The van der Waals surface area contributed by atoms with Gasteiger partial charge in [-0.05, 0) is 6.92 Å². The third-order valence-electron chi connectivity index (χ3n) is 0.939. The van der Waals surface area contributed by atoms with Crippen LogP contribution in [0.1, 0.15) is 26.7 Å². The van der Waals surface area contributed by atoms with E-state index >= 15 is 0 Å². The summed E-state index contributed by atoms with van der Waals surface area (Å²) >= 11 is 0. The van der Waals surface area contributed by atoms with Crippen molar-refractivity contribution in [3.63, 3.8) is 0 Å². The van der Waals surface area contributed by atoms with Crippen molar-refractivity contribution < 1.29 is 19.1 Å². The van der Waals surface area contributed by atoms with Gasteiger partial charge < -0.3 is 9.53 Å². The van der Waals surface area contributed by atoms with E-state index in [0.29, 0.717) is 0 Å². The molecule has 0 aliphatic rings. The second-order valence-electron chi connectivity index (χ2n) is 2.17. The molecule has 0 unspecified atom stereocenters. The smallest absolute Gasteiger partial charge is 0.313 e. The number of esters is 2. The number of carbonyl (C=O) groups is 3. The normalized spacial score (nSPS) is 8.91. The van der Waals surface area contributed by atoms with Crippen molar-refractivity contribution in [3.05, 3.63) is 0 Å². The predicted molar refractivity (Wildman–Crippen MR) is 36.7 cm³/mol. The summed E-state index contributed by atoms with van der Waals surface area (Å²) in [5.41, 5.74) is 0. The first kappa shape index (κ1) is 9.81. The minimum Gasteiger partial charge on any atom is -0.393 e. The van der Waals surface area contributed by atoms with Gasteiger partial charge in [0.15, 0.2) is 0 Å². The van der Waals surface area contributed by atoms with Gasteiger partial charge in [0.05, 0.1) is 6.42 Å². The Kier molecular flexibility index (Phi) is 4.10. The van der Waals surface area contributed by atoms with Gasteiger partial charge in [-0.25, -0.2) is 0 Å². The van der Waals surface area contributed by atoms with Gasteiger partial charge in [-0.3, -0.25) is 9.59 Å². The van der Waals surface area contributed by atoms with Crippen molar-refractivity contribution in [2.45, 2.75) is 26.7 Å². The van der Waals surface area contributed by atoms with Gasteiger partial charge in [-0.1, -0.05) is 0 Å². The maximum Gasteiger partial charge on any atom is 0.313 e. The van der Waals surface area contributed by atoms with Crippen molar-refractivity contribution in [2.24, 2.45) is 0 Å². The Morgan fingerprint density at radius 2 is 1.64 bits per heavy atom. The molecule has 0 amide bonds. The standard InChI is InChI=1S/C7H10O4/c1-5(8)3-4-7(10)11-6(2)9/h3-4H2,1-2H3. The Hall–Kier alpha value is -1.19. The molecule has 0 saturated heterocycles. The lowest BCUT2D eigenvalue weighted by molar-refractivity contribution is -0.158. The topological polar surface area (TPSA) is 60.4 Å². The van der Waals surface area contributed by atoms with E-state index in [1.165, 1.54) is 6.92 Å². The van der Waals surface area contributed by atoms with E-state index in [9.17, 15) is 14.4 Å². The van der Waals surface area contributed by atoms with Gasteiger partial charge in [0.1, 0.15) is 5.78 Å². The number of ether oxygens (including phenoxy) is 1. The summed E-state index contributed by atoms with van der Waals surface area (Å²) in [5.74, 6) is -1.38. The molecule has 0 aliphatic carbocycles. The predicted octanol–water partition coefficient (Wildman–Crippen LogP) is 0.445. The van der Waals surface area contributed by atoms with Gasteiger partial charge in [-0.15, -0.1) is 0 Å². The fourth-order valence-electron chi connectivity index (χ4n) is 0.489. The molecule has 4 heteroatoms. The molecule has 0 saturated carbocycles. The molecule has 0 fully saturated rings. The van der Waals surface area contributed by atoms with Crippen LogP contribution in [0.25, 0.3) is 0 Å². The van der Waals surface area contributed by atoms with Gasteiger partial charge >= 0.3 is 11.9 Å². The van der Waals surface area contributed by atoms with E-state index in [-0.39, 0.29) is 18.6 Å². The van der Waals surface area contributed by atoms with Crippen molar-refractivity contribution in [1.82, 2.24) is 0 Å². The Morgan fingerprint density at radius 1 is 1.09 bits per heavy atom. The van der Waals surface area contributed by atoms with Crippen molar-refractivity contribution in [1.29, 1.82) is 0 Å². The van der Waals surface area contributed by atoms with E-state index in [2.05, 4.69) is 4.74 Å². The summed E-state index contributed by atoms with van der Waals surface area (Å²) in [6.07, 6.45) is 0.112. The number of ketones is 1. The van der Waals surface area contributed by atoms with Crippen LogP contribution in [0, 0.1) is 0 Å². The van der Waals surface area contributed by atoms with E-state index < -0.39 is 11.9 Å². The molecule has 0 heterocycles. The Morgan fingerprint density at radius 3 is 2.00 bits per heavy atom. The highest BCUT2D eigenvalue weighted by Crippen LogP contribution is 1.93. The van der Waals surface area contributed by atoms with Crippen LogP contribution in [0.4, 0.5) is 0 Å². The van der Waals surface area contributed by atoms with Gasteiger partial charge in [0, 0.05) is 13.3 Å². The maximum atomic E-state index is 10.6. The zero-order valence-electron chi connectivity index (χ0n) is 6.55. The lowest BCUT2D eigenvalue weighted by Gasteiger charge is -1.96. The van der Waals surface area contributed by atoms with Crippen molar-refractivity contribution in [2.75, 3.05) is 0 Å². The molecule has 0 rings (SSSR count). The third-order valence-corrected chi connectivity index (χ3v) is 0.939. The minimum absolute atomic E-state index is 0.0189. The Balaban J connectivity index is 3.53. The SMILES string of the molecule is CC(=O)CCC(=O)OC(C)=O. The highest BCUT2D eigenvalue weighted by Gasteiger charge is 2.06. The van der Waals surface area contributed by atoms with Crippen LogP contribution in [0.5, 0.6) is 0 Å². The summed E-state index contributed by atoms with van der Waals surface area (Å²) in [6, 6.07) is 0. The molecular weight excluding hydrogens is 148 g/mol. The highest BCUT2D eigenvalue weighted by atomic mass is 16.6. The third kappa shape index (κ3) is 6.70. The molecule has 62 valence electrons. The molecule has 0 bridgehead atoms. The Labute approximate surface area is 64.5 Å². The minimum atomic E-state index is -0.646. The lowest BCUT2D eigenvalue weighted by Crippen LogP contribution is -2.09. The number of hydrogen-bond acceptors (Lipinski definition) is 4. The largest absolute Gasteiger partial charge is 0.393 e. The first-order chi connectivity index (χ1) is 5.02. The summed E-state index contributed by atoms with van der Waals surface area (Å²) < 4.78 is 4.17. The molecule has 0 radical (unpaired) electrons. The second kappa shape index (κ2) is 4.60. The molecule has 0 spiro atoms. The molecule has 4 nitrogen and oxygen atoms in total. The molecule has 0 aromatic heterocycles. The van der Waals surface area contributed by atoms with Crippen LogP contribution in [-0.4, -0.2) is 17.7 Å². The monoisotopic (exact) mass is 158 g/mol. The summed E-state index contributed by atoms with van der Waals surface area (Å²) in [6.45, 7) is 2.52. The molecule has 11 heavy (non-hydrogen) atoms. The number of rotatable bonds is 3. The first-order valence-electron chi connectivity index (χ1n) is 3.23. The fourth-order valence-corrected chi connectivity index (χ4v) is 0.489. The quantitative estimate of drug-likeness (QED) is 0.441. The molecular formula is C7H10O4. The zero-order chi connectivity index (χ0) is 8.85. The highest BCUT2D eigenvalue weighted by molar-refractivity contribution is 5.87. The van der Waals surface area contributed by atoms with Gasteiger partial charge in [0.25, 0.3) is 0 Å². The maximum absolute atomic E-state index is 10.6. The van der Waals surface area contributed by atoms with Crippen LogP contribution in [0.2, 0.25) is 0 Å². The molecule has 0 aromatic rings. The van der Waals surface area contributed by atoms with Crippen molar-refractivity contribution >= 4 is 17.7 Å². The molecule has 0 atom stereocenters. The van der Waals surface area contributed by atoms with Crippen LogP contribution in [0.3, 0.4) is 0 Å². The van der Waals surface area contributed by atoms with Crippen LogP contribution < -0.4 is 0 Å².